The molecule has 192 valence electrons. The second-order valence-corrected chi connectivity index (χ2v) is 9.49. The van der Waals surface area contributed by atoms with Crippen molar-refractivity contribution in [1.82, 2.24) is 0 Å². The first-order valence-electron chi connectivity index (χ1n) is 11.6. The van der Waals surface area contributed by atoms with E-state index in [1.807, 2.05) is 42.5 Å². The van der Waals surface area contributed by atoms with Gasteiger partial charge in [0, 0.05) is 29.7 Å². The van der Waals surface area contributed by atoms with E-state index < -0.39 is 30.3 Å². The minimum atomic E-state index is -3.35. The summed E-state index contributed by atoms with van der Waals surface area (Å²) >= 11 is 1.36. The summed E-state index contributed by atoms with van der Waals surface area (Å²) in [5.74, 6) is -5.17. The van der Waals surface area contributed by atoms with Gasteiger partial charge in [0.25, 0.3) is 5.92 Å². The van der Waals surface area contributed by atoms with Gasteiger partial charge in [0.1, 0.15) is 12.4 Å². The number of thioether (sulfide) groups is 1. The molecule has 0 saturated heterocycles. The predicted molar refractivity (Wildman–Crippen MR) is 137 cm³/mol. The Bertz CT molecular complexity index is 1080. The number of aliphatic hydroxyl groups excluding tert-OH is 1. The number of hydrogen-bond acceptors (Lipinski definition) is 5. The van der Waals surface area contributed by atoms with E-state index >= 15 is 8.78 Å². The van der Waals surface area contributed by atoms with Crippen LogP contribution in [0, 0.1) is 5.92 Å². The van der Waals surface area contributed by atoms with Crippen molar-refractivity contribution >= 4 is 17.7 Å². The third-order valence-corrected chi connectivity index (χ3v) is 6.80. The first-order valence-corrected chi connectivity index (χ1v) is 12.6. The number of alkyl halides is 2. The fraction of sp³-hybridized carbons (Fsp3) is 0.321. The molecule has 0 spiro atoms. The molecule has 2 atom stereocenters. The van der Waals surface area contributed by atoms with E-state index in [2.05, 4.69) is 0 Å². The van der Waals surface area contributed by atoms with Crippen LogP contribution in [0.1, 0.15) is 18.4 Å². The summed E-state index contributed by atoms with van der Waals surface area (Å²) in [5.41, 5.74) is 1.33. The Morgan fingerprint density at radius 1 is 0.944 bits per heavy atom. The largest absolute Gasteiger partial charge is 0.491 e. The van der Waals surface area contributed by atoms with Crippen molar-refractivity contribution in [3.8, 4) is 16.9 Å². The van der Waals surface area contributed by atoms with Gasteiger partial charge in [0.05, 0.1) is 18.6 Å². The monoisotopic (exact) mass is 516 g/mol. The summed E-state index contributed by atoms with van der Waals surface area (Å²) in [5, 5.41) is 19.8. The van der Waals surface area contributed by atoms with Crippen molar-refractivity contribution in [3.63, 3.8) is 0 Å². The fourth-order valence-electron chi connectivity index (χ4n) is 3.70. The highest BCUT2D eigenvalue weighted by Gasteiger charge is 2.38. The third-order valence-electron chi connectivity index (χ3n) is 5.65. The molecular formula is C28H30F2O5S. The standard InChI is InChI=1S/C28H30F2O5S/c1-34-15-16-35-25-13-9-21(10-14-25)20-7-11-23(12-8-20)28(29,30)18-22(27(32)33)17-24(31)19-36-26-5-3-2-4-6-26/h2-14,22,24,31H,15-19H2,1H3,(H,32,33). The zero-order valence-electron chi connectivity index (χ0n) is 20.0. The Balaban J connectivity index is 1.60. The number of methoxy groups -OCH3 is 1. The van der Waals surface area contributed by atoms with Crippen LogP contribution in [0.4, 0.5) is 8.78 Å². The molecular weight excluding hydrogens is 486 g/mol. The molecule has 0 bridgehead atoms. The summed E-state index contributed by atoms with van der Waals surface area (Å²) in [6.45, 7) is 0.908. The normalized spacial score (nSPS) is 13.2. The summed E-state index contributed by atoms with van der Waals surface area (Å²) in [4.78, 5) is 12.6. The fourth-order valence-corrected chi connectivity index (χ4v) is 4.57. The van der Waals surface area contributed by atoms with E-state index in [-0.39, 0.29) is 17.7 Å². The lowest BCUT2D eigenvalue weighted by molar-refractivity contribution is -0.147. The summed E-state index contributed by atoms with van der Waals surface area (Å²) in [6.07, 6.45) is -2.15. The molecule has 0 aromatic heterocycles. The molecule has 3 aromatic carbocycles. The van der Waals surface area contributed by atoms with Gasteiger partial charge >= 0.3 is 5.97 Å². The summed E-state index contributed by atoms with van der Waals surface area (Å²) in [6, 6.07) is 22.4. The van der Waals surface area contributed by atoms with Crippen molar-refractivity contribution in [2.75, 3.05) is 26.1 Å². The lowest BCUT2D eigenvalue weighted by atomic mass is 9.91. The Morgan fingerprint density at radius 2 is 1.56 bits per heavy atom. The minimum Gasteiger partial charge on any atom is -0.491 e. The van der Waals surface area contributed by atoms with Crippen LogP contribution in [-0.4, -0.2) is 48.4 Å². The van der Waals surface area contributed by atoms with Gasteiger partial charge in [0.2, 0.25) is 0 Å². The number of carbonyl (C=O) groups is 1. The van der Waals surface area contributed by atoms with Crippen molar-refractivity contribution in [1.29, 1.82) is 0 Å². The average Bonchev–Trinajstić information content (AvgIpc) is 2.88. The zero-order valence-corrected chi connectivity index (χ0v) is 20.8. The molecule has 0 aliphatic heterocycles. The van der Waals surface area contributed by atoms with Gasteiger partial charge in [-0.05, 0) is 41.8 Å². The second-order valence-electron chi connectivity index (χ2n) is 8.40. The Morgan fingerprint density at radius 3 is 2.14 bits per heavy atom. The van der Waals surface area contributed by atoms with E-state index in [4.69, 9.17) is 9.47 Å². The van der Waals surface area contributed by atoms with Gasteiger partial charge in [-0.1, -0.05) is 54.6 Å². The van der Waals surface area contributed by atoms with Crippen LogP contribution in [0.15, 0.2) is 83.8 Å². The average molecular weight is 517 g/mol. The number of hydrogen-bond donors (Lipinski definition) is 2. The Labute approximate surface area is 214 Å². The Hall–Kier alpha value is -2.94. The van der Waals surface area contributed by atoms with Crippen LogP contribution in [-0.2, 0) is 15.5 Å². The summed E-state index contributed by atoms with van der Waals surface area (Å²) < 4.78 is 40.5. The highest BCUT2D eigenvalue weighted by atomic mass is 32.2. The highest BCUT2D eigenvalue weighted by molar-refractivity contribution is 7.99. The first kappa shape index (κ1) is 27.6. The van der Waals surface area contributed by atoms with Crippen LogP contribution >= 0.6 is 11.8 Å². The van der Waals surface area contributed by atoms with E-state index in [1.165, 1.54) is 23.9 Å². The van der Waals surface area contributed by atoms with Crippen molar-refractivity contribution < 1.29 is 33.3 Å². The maximum Gasteiger partial charge on any atom is 0.306 e. The molecule has 0 fully saturated rings. The summed E-state index contributed by atoms with van der Waals surface area (Å²) in [7, 11) is 1.59. The van der Waals surface area contributed by atoms with Crippen molar-refractivity contribution in [2.24, 2.45) is 5.92 Å². The first-order chi connectivity index (χ1) is 17.3. The van der Waals surface area contributed by atoms with E-state index in [9.17, 15) is 15.0 Å². The van der Waals surface area contributed by atoms with Crippen molar-refractivity contribution in [3.05, 3.63) is 84.4 Å². The molecule has 8 heteroatoms. The van der Waals surface area contributed by atoms with E-state index in [0.717, 1.165) is 16.0 Å². The molecule has 0 saturated carbocycles. The van der Waals surface area contributed by atoms with Gasteiger partial charge < -0.3 is 19.7 Å². The van der Waals surface area contributed by atoms with Crippen LogP contribution in [0.2, 0.25) is 0 Å². The molecule has 2 unspecified atom stereocenters. The van der Waals surface area contributed by atoms with E-state index in [0.29, 0.717) is 19.0 Å². The van der Waals surface area contributed by atoms with Gasteiger partial charge in [-0.15, -0.1) is 11.8 Å². The zero-order chi connectivity index (χ0) is 26.0. The lowest BCUT2D eigenvalue weighted by Gasteiger charge is -2.23. The van der Waals surface area contributed by atoms with Gasteiger partial charge in [-0.2, -0.15) is 0 Å². The number of halogens is 2. The second kappa shape index (κ2) is 13.4. The highest BCUT2D eigenvalue weighted by Crippen LogP contribution is 2.37. The molecule has 0 amide bonds. The maximum absolute atomic E-state index is 15.0. The lowest BCUT2D eigenvalue weighted by Crippen LogP contribution is -2.28. The quantitative estimate of drug-likeness (QED) is 0.199. The number of carboxylic acids is 1. The number of aliphatic hydroxyl groups is 1. The Kier molecular flexibility index (Phi) is 10.3. The number of rotatable bonds is 14. The maximum atomic E-state index is 15.0. The SMILES string of the molecule is COCCOc1ccc(-c2ccc(C(F)(F)CC(CC(O)CSc3ccccc3)C(=O)O)cc2)cc1. The predicted octanol–water partition coefficient (Wildman–Crippen LogP) is 6.10. The molecule has 3 aromatic rings. The minimum absolute atomic E-state index is 0.226. The van der Waals surface area contributed by atoms with Gasteiger partial charge in [-0.25, -0.2) is 8.78 Å². The molecule has 0 aliphatic carbocycles. The van der Waals surface area contributed by atoms with Crippen LogP contribution < -0.4 is 4.74 Å². The van der Waals surface area contributed by atoms with Crippen molar-refractivity contribution in [2.45, 2.75) is 29.8 Å². The molecule has 5 nitrogen and oxygen atoms in total. The third kappa shape index (κ3) is 8.33. The van der Waals surface area contributed by atoms with Gasteiger partial charge in [0.15, 0.2) is 0 Å². The molecule has 2 N–H and O–H groups in total. The van der Waals surface area contributed by atoms with E-state index in [1.54, 1.807) is 31.4 Å². The molecule has 0 aliphatic rings. The smallest absolute Gasteiger partial charge is 0.306 e. The van der Waals surface area contributed by atoms with Crippen LogP contribution in [0.5, 0.6) is 5.75 Å². The number of benzene rings is 3. The topological polar surface area (TPSA) is 76.0 Å². The van der Waals surface area contributed by atoms with Crippen LogP contribution in [0.3, 0.4) is 0 Å². The molecule has 0 radical (unpaired) electrons. The van der Waals surface area contributed by atoms with Crippen LogP contribution in [0.25, 0.3) is 11.1 Å². The van der Waals surface area contributed by atoms with Gasteiger partial charge in [-0.3, -0.25) is 4.79 Å². The molecule has 0 heterocycles. The number of ether oxygens (including phenoxy) is 2. The number of carboxylic acid groups (broad SMARTS) is 1. The molecule has 36 heavy (non-hydrogen) atoms. The molecule has 3 rings (SSSR count). The number of aliphatic carboxylic acids is 1.